The van der Waals surface area contributed by atoms with Gasteiger partial charge in [-0.1, -0.05) is 0 Å². The highest BCUT2D eigenvalue weighted by Gasteiger charge is 2.33. The number of aryl methyl sites for hydroxylation is 1. The highest BCUT2D eigenvalue weighted by Crippen LogP contribution is 2.27. The number of hydrogen-bond donors (Lipinski definition) is 1. The fraction of sp³-hybridized carbons (Fsp3) is 0.643. The molecule has 0 saturated carbocycles. The van der Waals surface area contributed by atoms with Crippen LogP contribution in [0.2, 0.25) is 0 Å². The van der Waals surface area contributed by atoms with Crippen LogP contribution in [0.5, 0.6) is 0 Å². The molecule has 1 amide bonds. The summed E-state index contributed by atoms with van der Waals surface area (Å²) < 4.78 is 43.1. The van der Waals surface area contributed by atoms with Gasteiger partial charge < -0.3 is 10.1 Å². The molecule has 1 aliphatic rings. The van der Waals surface area contributed by atoms with Crippen molar-refractivity contribution in [1.82, 2.24) is 15.3 Å². The van der Waals surface area contributed by atoms with Crippen LogP contribution < -0.4 is 5.32 Å². The number of alkyl halides is 3. The molecule has 1 aliphatic heterocycles. The van der Waals surface area contributed by atoms with Gasteiger partial charge in [0.25, 0.3) is 0 Å². The summed E-state index contributed by atoms with van der Waals surface area (Å²) in [6, 6.07) is 0.905. The van der Waals surface area contributed by atoms with E-state index in [1.165, 1.54) is 6.92 Å². The molecule has 1 aromatic rings. The zero-order chi connectivity index (χ0) is 16.2. The average molecular weight is 317 g/mol. The minimum Gasteiger partial charge on any atom is -0.381 e. The number of rotatable bonds is 5. The van der Waals surface area contributed by atoms with Crippen LogP contribution in [-0.2, 0) is 22.1 Å². The molecule has 5 nitrogen and oxygen atoms in total. The molecule has 0 bridgehead atoms. The Morgan fingerprint density at radius 1 is 1.45 bits per heavy atom. The Kier molecular flexibility index (Phi) is 5.33. The van der Waals surface area contributed by atoms with Crippen molar-refractivity contribution < 1.29 is 22.7 Å². The van der Waals surface area contributed by atoms with Crippen LogP contribution in [0.15, 0.2) is 6.07 Å². The van der Waals surface area contributed by atoms with E-state index < -0.39 is 11.9 Å². The van der Waals surface area contributed by atoms with Crippen LogP contribution in [0.1, 0.15) is 30.1 Å². The second-order valence-electron chi connectivity index (χ2n) is 5.34. The molecule has 1 atom stereocenters. The van der Waals surface area contributed by atoms with E-state index in [0.717, 1.165) is 12.5 Å². The molecule has 0 aliphatic carbocycles. The van der Waals surface area contributed by atoms with Gasteiger partial charge in [-0.3, -0.25) is 4.79 Å². The monoisotopic (exact) mass is 317 g/mol. The first-order chi connectivity index (χ1) is 10.3. The summed E-state index contributed by atoms with van der Waals surface area (Å²) in [6.45, 7) is 2.96. The standard InChI is InChI=1S/C14H18F3N3O2/c1-9-6-11(14(15,16)17)20-12(19-9)2-4-18-13(21)7-10-3-5-22-8-10/h6,10H,2-5,7-8H2,1H3,(H,18,21)/t10-/m0/s1. The van der Waals surface area contributed by atoms with Gasteiger partial charge in [0.1, 0.15) is 11.5 Å². The van der Waals surface area contributed by atoms with Crippen molar-refractivity contribution in [2.24, 2.45) is 5.92 Å². The number of carbonyl (C=O) groups is 1. The lowest BCUT2D eigenvalue weighted by atomic mass is 10.1. The van der Waals surface area contributed by atoms with Crippen molar-refractivity contribution >= 4 is 5.91 Å². The number of aromatic nitrogens is 2. The van der Waals surface area contributed by atoms with Gasteiger partial charge in [-0.05, 0) is 25.3 Å². The summed E-state index contributed by atoms with van der Waals surface area (Å²) >= 11 is 0. The second-order valence-corrected chi connectivity index (χ2v) is 5.34. The molecule has 2 heterocycles. The SMILES string of the molecule is Cc1cc(C(F)(F)F)nc(CCNC(=O)C[C@@H]2CCOC2)n1. The van der Waals surface area contributed by atoms with E-state index in [1.807, 2.05) is 0 Å². The zero-order valence-corrected chi connectivity index (χ0v) is 12.2. The van der Waals surface area contributed by atoms with Gasteiger partial charge in [-0.25, -0.2) is 9.97 Å². The first-order valence-electron chi connectivity index (χ1n) is 7.11. The molecule has 0 aromatic carbocycles. The number of halogens is 3. The minimum atomic E-state index is -4.49. The van der Waals surface area contributed by atoms with Crippen LogP contribution in [0.4, 0.5) is 13.2 Å². The Hall–Kier alpha value is -1.70. The molecule has 1 saturated heterocycles. The van der Waals surface area contributed by atoms with Gasteiger partial charge in [0.15, 0.2) is 0 Å². The fourth-order valence-electron chi connectivity index (χ4n) is 2.28. The predicted molar refractivity (Wildman–Crippen MR) is 72.0 cm³/mol. The highest BCUT2D eigenvalue weighted by atomic mass is 19.4. The smallest absolute Gasteiger partial charge is 0.381 e. The summed E-state index contributed by atoms with van der Waals surface area (Å²) in [7, 11) is 0. The van der Waals surface area contributed by atoms with E-state index in [1.54, 1.807) is 0 Å². The number of hydrogen-bond acceptors (Lipinski definition) is 4. The van der Waals surface area contributed by atoms with Gasteiger partial charge in [-0.2, -0.15) is 13.2 Å². The number of amides is 1. The summed E-state index contributed by atoms with van der Waals surface area (Å²) in [4.78, 5) is 19.2. The Bertz CT molecular complexity index is 529. The number of carbonyl (C=O) groups excluding carboxylic acids is 1. The fourth-order valence-corrected chi connectivity index (χ4v) is 2.28. The first-order valence-corrected chi connectivity index (χ1v) is 7.11. The molecule has 0 spiro atoms. The lowest BCUT2D eigenvalue weighted by molar-refractivity contribution is -0.141. The Balaban J connectivity index is 1.83. The van der Waals surface area contributed by atoms with E-state index >= 15 is 0 Å². The van der Waals surface area contributed by atoms with E-state index in [4.69, 9.17) is 4.74 Å². The van der Waals surface area contributed by atoms with Crippen LogP contribution in [0.25, 0.3) is 0 Å². The number of nitrogens with one attached hydrogen (secondary N) is 1. The molecule has 1 aromatic heterocycles. The predicted octanol–water partition coefficient (Wildman–Crippen LogP) is 1.89. The van der Waals surface area contributed by atoms with Gasteiger partial charge in [0.05, 0.1) is 0 Å². The Labute approximate surface area is 126 Å². The van der Waals surface area contributed by atoms with Crippen molar-refractivity contribution in [2.45, 2.75) is 32.4 Å². The second kappa shape index (κ2) is 7.04. The number of ether oxygens (including phenoxy) is 1. The van der Waals surface area contributed by atoms with E-state index in [-0.39, 0.29) is 36.3 Å². The summed E-state index contributed by atoms with van der Waals surface area (Å²) in [5.74, 6) is 0.183. The average Bonchev–Trinajstić information content (AvgIpc) is 2.90. The molecule has 1 fully saturated rings. The van der Waals surface area contributed by atoms with Crippen molar-refractivity contribution in [3.63, 3.8) is 0 Å². The quantitative estimate of drug-likeness (QED) is 0.901. The summed E-state index contributed by atoms with van der Waals surface area (Å²) in [6.07, 6.45) is -3.09. The third-order valence-electron chi connectivity index (χ3n) is 3.36. The van der Waals surface area contributed by atoms with Crippen LogP contribution in [0.3, 0.4) is 0 Å². The largest absolute Gasteiger partial charge is 0.433 e. The van der Waals surface area contributed by atoms with Gasteiger partial charge >= 0.3 is 6.18 Å². The zero-order valence-electron chi connectivity index (χ0n) is 12.2. The maximum Gasteiger partial charge on any atom is 0.433 e. The van der Waals surface area contributed by atoms with Crippen LogP contribution >= 0.6 is 0 Å². The lowest BCUT2D eigenvalue weighted by Crippen LogP contribution is -2.28. The number of nitrogens with zero attached hydrogens (tertiary/aromatic N) is 2. The maximum atomic E-state index is 12.7. The highest BCUT2D eigenvalue weighted by molar-refractivity contribution is 5.76. The molecule has 0 unspecified atom stereocenters. The topological polar surface area (TPSA) is 64.1 Å². The van der Waals surface area contributed by atoms with Crippen LogP contribution in [-0.4, -0.2) is 35.6 Å². The van der Waals surface area contributed by atoms with Gasteiger partial charge in [0.2, 0.25) is 5.91 Å². The molecule has 1 N–H and O–H groups in total. The van der Waals surface area contributed by atoms with E-state index in [9.17, 15) is 18.0 Å². The van der Waals surface area contributed by atoms with Gasteiger partial charge in [-0.15, -0.1) is 0 Å². The molecule has 122 valence electrons. The van der Waals surface area contributed by atoms with Crippen molar-refractivity contribution in [2.75, 3.05) is 19.8 Å². The van der Waals surface area contributed by atoms with Crippen molar-refractivity contribution in [3.8, 4) is 0 Å². The summed E-state index contributed by atoms with van der Waals surface area (Å²) in [5, 5.41) is 2.68. The third-order valence-corrected chi connectivity index (χ3v) is 3.36. The molecule has 22 heavy (non-hydrogen) atoms. The Morgan fingerprint density at radius 3 is 2.86 bits per heavy atom. The molecular weight excluding hydrogens is 299 g/mol. The maximum absolute atomic E-state index is 12.7. The first kappa shape index (κ1) is 16.7. The third kappa shape index (κ3) is 4.94. The summed E-state index contributed by atoms with van der Waals surface area (Å²) in [5.41, 5.74) is -0.698. The van der Waals surface area contributed by atoms with E-state index in [0.29, 0.717) is 19.6 Å². The lowest BCUT2D eigenvalue weighted by Gasteiger charge is -2.10. The molecular formula is C14H18F3N3O2. The van der Waals surface area contributed by atoms with Crippen LogP contribution in [0, 0.1) is 12.8 Å². The van der Waals surface area contributed by atoms with E-state index in [2.05, 4.69) is 15.3 Å². The van der Waals surface area contributed by atoms with Crippen molar-refractivity contribution in [1.29, 1.82) is 0 Å². The Morgan fingerprint density at radius 2 is 2.23 bits per heavy atom. The molecule has 2 rings (SSSR count). The minimum absolute atomic E-state index is 0.0804. The molecule has 8 heteroatoms. The molecule has 0 radical (unpaired) electrons. The van der Waals surface area contributed by atoms with Gasteiger partial charge in [0, 0.05) is 38.3 Å². The van der Waals surface area contributed by atoms with Crippen molar-refractivity contribution in [3.05, 3.63) is 23.3 Å². The normalized spacial score (nSPS) is 18.5.